The molecule has 0 bridgehead atoms. The van der Waals surface area contributed by atoms with Crippen molar-refractivity contribution in [3.8, 4) is 0 Å². The normalized spacial score (nSPS) is 13.4. The molecule has 134 valence electrons. The average molecular weight is 329 g/mol. The first-order valence-corrected chi connectivity index (χ1v) is 7.97. The molecule has 0 N–H and O–H groups in total. The van der Waals surface area contributed by atoms with Crippen molar-refractivity contribution in [2.45, 2.75) is 85.5 Å². The molecule has 0 aromatic rings. The molecule has 0 aliphatic rings. The summed E-state index contributed by atoms with van der Waals surface area (Å²) >= 11 is 0. The van der Waals surface area contributed by atoms with Crippen LogP contribution in [0.3, 0.4) is 0 Å². The second-order valence-electron chi connectivity index (χ2n) is 7.89. The van der Waals surface area contributed by atoms with E-state index in [-0.39, 0.29) is 12.3 Å². The molecule has 0 rings (SSSR count). The van der Waals surface area contributed by atoms with Gasteiger partial charge >= 0.3 is 12.2 Å². The van der Waals surface area contributed by atoms with Crippen molar-refractivity contribution in [3.05, 3.63) is 0 Å². The molecule has 0 aliphatic carbocycles. The lowest BCUT2D eigenvalue weighted by molar-refractivity contribution is -0.108. The number of amides is 2. The number of hydrogen-bond acceptors (Lipinski definition) is 5. The maximum absolute atomic E-state index is 12.5. The largest absolute Gasteiger partial charge is 0.443 e. The van der Waals surface area contributed by atoms with Crippen molar-refractivity contribution in [1.82, 2.24) is 4.90 Å². The Hall–Kier alpha value is -1.59. The number of ether oxygens (including phenoxy) is 2. The van der Waals surface area contributed by atoms with Gasteiger partial charge in [0.05, 0.1) is 0 Å². The fraction of sp³-hybridized carbons (Fsp3) is 0.824. The minimum atomic E-state index is -0.753. The van der Waals surface area contributed by atoms with Crippen molar-refractivity contribution in [1.29, 1.82) is 0 Å². The van der Waals surface area contributed by atoms with Crippen LogP contribution in [0.1, 0.15) is 68.2 Å². The van der Waals surface area contributed by atoms with Crippen molar-refractivity contribution in [2.24, 2.45) is 5.92 Å². The summed E-state index contributed by atoms with van der Waals surface area (Å²) in [5.74, 6) is -0.0324. The van der Waals surface area contributed by atoms with Gasteiger partial charge in [-0.25, -0.2) is 14.5 Å². The summed E-state index contributed by atoms with van der Waals surface area (Å²) in [4.78, 5) is 36.7. The summed E-state index contributed by atoms with van der Waals surface area (Å²) in [6.45, 7) is 14.2. The van der Waals surface area contributed by atoms with Gasteiger partial charge in [0, 0.05) is 12.5 Å². The predicted molar refractivity (Wildman–Crippen MR) is 88.2 cm³/mol. The van der Waals surface area contributed by atoms with Crippen LogP contribution in [0.5, 0.6) is 0 Å². The van der Waals surface area contributed by atoms with Crippen LogP contribution in [-0.2, 0) is 14.3 Å². The number of nitrogens with zero attached hydrogens (tertiary/aromatic N) is 1. The van der Waals surface area contributed by atoms with E-state index in [2.05, 4.69) is 0 Å². The second kappa shape index (κ2) is 8.31. The van der Waals surface area contributed by atoms with Gasteiger partial charge in [-0.15, -0.1) is 0 Å². The fourth-order valence-corrected chi connectivity index (χ4v) is 1.97. The second-order valence-corrected chi connectivity index (χ2v) is 7.89. The van der Waals surface area contributed by atoms with Gasteiger partial charge in [0.1, 0.15) is 17.5 Å². The van der Waals surface area contributed by atoms with E-state index in [0.29, 0.717) is 6.42 Å². The van der Waals surface area contributed by atoms with Crippen LogP contribution in [0.2, 0.25) is 0 Å². The van der Waals surface area contributed by atoms with Crippen molar-refractivity contribution in [2.75, 3.05) is 0 Å². The van der Waals surface area contributed by atoms with Gasteiger partial charge in [0.15, 0.2) is 0 Å². The Kier molecular flexibility index (Phi) is 7.74. The van der Waals surface area contributed by atoms with Gasteiger partial charge < -0.3 is 14.3 Å². The summed E-state index contributed by atoms with van der Waals surface area (Å²) in [6.07, 6.45) is -0.102. The summed E-state index contributed by atoms with van der Waals surface area (Å²) < 4.78 is 10.7. The minimum absolute atomic E-state index is 0.0324. The molecule has 2 amide bonds. The first-order valence-electron chi connectivity index (χ1n) is 7.97. The first kappa shape index (κ1) is 21.4. The number of rotatable bonds is 5. The standard InChI is InChI=1S/C17H31NO5/c1-12(2)13(10-9-11-19)18(14(20)22-16(3,4)5)15(21)23-17(6,7)8/h11-13H,9-10H2,1-8H3/t13-/m1/s1. The lowest BCUT2D eigenvalue weighted by Gasteiger charge is -2.35. The first-order chi connectivity index (χ1) is 10.3. The van der Waals surface area contributed by atoms with Crippen LogP contribution >= 0.6 is 0 Å². The molecule has 0 aromatic carbocycles. The highest BCUT2D eigenvalue weighted by Crippen LogP contribution is 2.22. The Balaban J connectivity index is 5.52. The van der Waals surface area contributed by atoms with E-state index in [1.54, 1.807) is 41.5 Å². The molecule has 0 fully saturated rings. The summed E-state index contributed by atoms with van der Waals surface area (Å²) in [6, 6.07) is -0.468. The summed E-state index contributed by atoms with van der Waals surface area (Å²) in [7, 11) is 0. The molecule has 0 saturated carbocycles. The zero-order chi connectivity index (χ0) is 18.4. The van der Waals surface area contributed by atoms with Gasteiger partial charge in [0.2, 0.25) is 0 Å². The van der Waals surface area contributed by atoms with Gasteiger partial charge in [-0.3, -0.25) is 0 Å². The molecule has 1 atom stereocenters. The van der Waals surface area contributed by atoms with E-state index in [1.165, 1.54) is 0 Å². The van der Waals surface area contributed by atoms with Crippen molar-refractivity contribution < 1.29 is 23.9 Å². The van der Waals surface area contributed by atoms with Crippen LogP contribution in [-0.4, -0.2) is 40.6 Å². The topological polar surface area (TPSA) is 72.9 Å². The monoisotopic (exact) mass is 329 g/mol. The maximum atomic E-state index is 12.5. The van der Waals surface area contributed by atoms with E-state index in [0.717, 1.165) is 11.2 Å². The van der Waals surface area contributed by atoms with Crippen LogP contribution in [0, 0.1) is 5.92 Å². The number of hydrogen-bond donors (Lipinski definition) is 0. The lowest BCUT2D eigenvalue weighted by Crippen LogP contribution is -2.50. The maximum Gasteiger partial charge on any atom is 0.420 e. The highest BCUT2D eigenvalue weighted by molar-refractivity contribution is 5.88. The van der Waals surface area contributed by atoms with E-state index in [4.69, 9.17) is 9.47 Å². The lowest BCUT2D eigenvalue weighted by atomic mass is 9.98. The Bertz CT molecular complexity index is 390. The van der Waals surface area contributed by atoms with Gasteiger partial charge in [0.25, 0.3) is 0 Å². The molecule has 0 spiro atoms. The van der Waals surface area contributed by atoms with Gasteiger partial charge in [-0.1, -0.05) is 13.8 Å². The third-order valence-electron chi connectivity index (χ3n) is 2.86. The Morgan fingerprint density at radius 1 is 0.957 bits per heavy atom. The van der Waals surface area contributed by atoms with E-state index in [1.807, 2.05) is 13.8 Å². The van der Waals surface area contributed by atoms with E-state index >= 15 is 0 Å². The molecule has 0 unspecified atom stereocenters. The third-order valence-corrected chi connectivity index (χ3v) is 2.86. The highest BCUT2D eigenvalue weighted by atomic mass is 16.6. The molecule has 0 aromatic heterocycles. The molecule has 0 saturated heterocycles. The molecule has 0 heterocycles. The zero-order valence-electron chi connectivity index (χ0n) is 15.6. The SMILES string of the molecule is CC(C)[C@@H](CCC=O)N(C(=O)OC(C)(C)C)C(=O)OC(C)(C)C. The van der Waals surface area contributed by atoms with Gasteiger partial charge in [-0.2, -0.15) is 0 Å². The molecule has 0 radical (unpaired) electrons. The van der Waals surface area contributed by atoms with Gasteiger partial charge in [-0.05, 0) is 53.9 Å². The molecular weight excluding hydrogens is 298 g/mol. The average Bonchev–Trinajstić information content (AvgIpc) is 2.28. The Labute approximate surface area is 139 Å². The quantitative estimate of drug-likeness (QED) is 0.708. The number of carbonyl (C=O) groups excluding carboxylic acids is 3. The van der Waals surface area contributed by atoms with Crippen LogP contribution in [0.15, 0.2) is 0 Å². The Morgan fingerprint density at radius 2 is 1.35 bits per heavy atom. The number of imide groups is 1. The summed E-state index contributed by atoms with van der Waals surface area (Å²) in [5, 5.41) is 0. The number of carbonyl (C=O) groups is 3. The molecule has 6 nitrogen and oxygen atoms in total. The van der Waals surface area contributed by atoms with Crippen molar-refractivity contribution in [3.63, 3.8) is 0 Å². The van der Waals surface area contributed by atoms with E-state index < -0.39 is 29.4 Å². The zero-order valence-corrected chi connectivity index (χ0v) is 15.6. The molecule has 23 heavy (non-hydrogen) atoms. The third kappa shape index (κ3) is 8.57. The van der Waals surface area contributed by atoms with Crippen LogP contribution in [0.4, 0.5) is 9.59 Å². The molecule has 6 heteroatoms. The minimum Gasteiger partial charge on any atom is -0.443 e. The summed E-state index contributed by atoms with van der Waals surface area (Å²) in [5.41, 5.74) is -1.47. The highest BCUT2D eigenvalue weighted by Gasteiger charge is 2.37. The Morgan fingerprint density at radius 3 is 1.61 bits per heavy atom. The molecule has 0 aliphatic heterocycles. The van der Waals surface area contributed by atoms with Crippen LogP contribution in [0.25, 0.3) is 0 Å². The van der Waals surface area contributed by atoms with Crippen LogP contribution < -0.4 is 0 Å². The van der Waals surface area contributed by atoms with Crippen molar-refractivity contribution >= 4 is 18.5 Å². The molecular formula is C17H31NO5. The smallest absolute Gasteiger partial charge is 0.420 e. The van der Waals surface area contributed by atoms with E-state index in [9.17, 15) is 14.4 Å². The predicted octanol–water partition coefficient (Wildman–Crippen LogP) is 4.16. The fourth-order valence-electron chi connectivity index (χ4n) is 1.97. The number of aldehydes is 1.